The van der Waals surface area contributed by atoms with E-state index in [9.17, 15) is 9.59 Å². The molecule has 0 aliphatic carbocycles. The number of hydrogen-bond acceptors (Lipinski definition) is 7. The summed E-state index contributed by atoms with van der Waals surface area (Å²) < 4.78 is 16.7. The molecule has 172 valence electrons. The minimum atomic E-state index is -0.663. The van der Waals surface area contributed by atoms with Crippen LogP contribution in [-0.4, -0.2) is 83.3 Å². The van der Waals surface area contributed by atoms with Crippen molar-refractivity contribution in [3.8, 4) is 17.2 Å². The molecule has 9 nitrogen and oxygen atoms in total. The van der Waals surface area contributed by atoms with Crippen molar-refractivity contribution in [1.82, 2.24) is 19.8 Å². The van der Waals surface area contributed by atoms with Gasteiger partial charge in [-0.3, -0.25) is 9.59 Å². The first-order valence-electron chi connectivity index (χ1n) is 10.7. The summed E-state index contributed by atoms with van der Waals surface area (Å²) in [4.78, 5) is 36.8. The zero-order valence-electron chi connectivity index (χ0n) is 18.2. The first-order valence-corrected chi connectivity index (χ1v) is 11.7. The van der Waals surface area contributed by atoms with E-state index < -0.39 is 6.10 Å². The van der Waals surface area contributed by atoms with Gasteiger partial charge in [-0.25, -0.2) is 4.98 Å². The Kier molecular flexibility index (Phi) is 5.99. The number of ether oxygens (including phenoxy) is 3. The molecule has 1 saturated heterocycles. The molecule has 10 heteroatoms. The molecule has 1 aromatic heterocycles. The number of aromatic amines is 1. The number of methoxy groups -OCH3 is 1. The first-order chi connectivity index (χ1) is 16.1. The molecule has 1 N–H and O–H groups in total. The summed E-state index contributed by atoms with van der Waals surface area (Å²) in [7, 11) is 1.62. The van der Waals surface area contributed by atoms with Gasteiger partial charge in [0.25, 0.3) is 5.91 Å². The van der Waals surface area contributed by atoms with Crippen LogP contribution in [0.3, 0.4) is 0 Å². The van der Waals surface area contributed by atoms with E-state index in [2.05, 4.69) is 9.97 Å². The van der Waals surface area contributed by atoms with Crippen LogP contribution in [0.2, 0.25) is 0 Å². The van der Waals surface area contributed by atoms with Gasteiger partial charge < -0.3 is 29.0 Å². The highest BCUT2D eigenvalue weighted by molar-refractivity contribution is 7.99. The van der Waals surface area contributed by atoms with Crippen LogP contribution in [0.1, 0.15) is 0 Å². The van der Waals surface area contributed by atoms with Gasteiger partial charge in [0.05, 0.1) is 23.9 Å². The van der Waals surface area contributed by atoms with Gasteiger partial charge in [-0.05, 0) is 24.3 Å². The van der Waals surface area contributed by atoms with Crippen molar-refractivity contribution in [2.24, 2.45) is 0 Å². The van der Waals surface area contributed by atoms with Crippen LogP contribution in [0.4, 0.5) is 0 Å². The Bertz CT molecular complexity index is 1170. The van der Waals surface area contributed by atoms with Crippen LogP contribution >= 0.6 is 11.8 Å². The third-order valence-electron chi connectivity index (χ3n) is 5.73. The number of nitrogens with zero attached hydrogens (tertiary/aromatic N) is 3. The highest BCUT2D eigenvalue weighted by Crippen LogP contribution is 2.31. The second kappa shape index (κ2) is 9.22. The lowest BCUT2D eigenvalue weighted by molar-refractivity contribution is -0.145. The number of amides is 2. The number of aromatic nitrogens is 2. The molecule has 5 rings (SSSR count). The number of imidazole rings is 1. The Morgan fingerprint density at radius 2 is 1.88 bits per heavy atom. The summed E-state index contributed by atoms with van der Waals surface area (Å²) in [5.41, 5.74) is 1.70. The molecule has 1 fully saturated rings. The fraction of sp³-hybridized carbons (Fsp3) is 0.348. The van der Waals surface area contributed by atoms with Crippen molar-refractivity contribution in [2.75, 3.05) is 45.6 Å². The van der Waals surface area contributed by atoms with Gasteiger partial charge in [0.2, 0.25) is 12.0 Å². The average Bonchev–Trinajstić information content (AvgIpc) is 3.28. The SMILES string of the molecule is COc1ccc2nc(SCC(=O)N3CCN(C(=O)[C@@H]4COc5ccccc5O4)CC3)[nH]c2c1. The van der Waals surface area contributed by atoms with E-state index in [1.807, 2.05) is 36.4 Å². The summed E-state index contributed by atoms with van der Waals surface area (Å²) >= 11 is 1.37. The third-order valence-corrected chi connectivity index (χ3v) is 6.59. The number of para-hydroxylation sites is 2. The topological polar surface area (TPSA) is 97.0 Å². The van der Waals surface area contributed by atoms with E-state index in [1.54, 1.807) is 23.0 Å². The van der Waals surface area contributed by atoms with Crippen molar-refractivity contribution >= 4 is 34.6 Å². The number of carbonyl (C=O) groups is 2. The second-order valence-corrected chi connectivity index (χ2v) is 8.75. The smallest absolute Gasteiger partial charge is 0.267 e. The van der Waals surface area contributed by atoms with Crippen LogP contribution in [0.25, 0.3) is 11.0 Å². The van der Waals surface area contributed by atoms with E-state index in [-0.39, 0.29) is 24.2 Å². The van der Waals surface area contributed by atoms with Gasteiger partial charge in [-0.2, -0.15) is 0 Å². The number of rotatable bonds is 5. The normalized spacial score (nSPS) is 17.8. The molecule has 0 radical (unpaired) electrons. The number of carbonyl (C=O) groups excluding carboxylic acids is 2. The number of H-pyrrole nitrogens is 1. The maximum atomic E-state index is 12.9. The molecule has 0 unspecified atom stereocenters. The van der Waals surface area contributed by atoms with Crippen molar-refractivity contribution in [2.45, 2.75) is 11.3 Å². The van der Waals surface area contributed by atoms with Gasteiger partial charge >= 0.3 is 0 Å². The number of piperazine rings is 1. The number of nitrogens with one attached hydrogen (secondary N) is 1. The van der Waals surface area contributed by atoms with E-state index in [0.29, 0.717) is 42.8 Å². The van der Waals surface area contributed by atoms with E-state index in [0.717, 1.165) is 16.8 Å². The van der Waals surface area contributed by atoms with Crippen LogP contribution in [0.15, 0.2) is 47.6 Å². The van der Waals surface area contributed by atoms with Gasteiger partial charge in [0.1, 0.15) is 12.4 Å². The molecule has 2 aromatic carbocycles. The lowest BCUT2D eigenvalue weighted by Gasteiger charge is -2.37. The molecule has 0 saturated carbocycles. The molecule has 3 aromatic rings. The molecular formula is C23H24N4O5S. The number of fused-ring (bicyclic) bond motifs is 2. The van der Waals surface area contributed by atoms with Gasteiger partial charge in [0, 0.05) is 32.2 Å². The molecule has 2 amide bonds. The maximum Gasteiger partial charge on any atom is 0.267 e. The first kappa shape index (κ1) is 21.4. The Balaban J connectivity index is 1.11. The van der Waals surface area contributed by atoms with Gasteiger partial charge in [0.15, 0.2) is 16.7 Å². The highest BCUT2D eigenvalue weighted by atomic mass is 32.2. The van der Waals surface area contributed by atoms with E-state index in [1.165, 1.54) is 11.8 Å². The van der Waals surface area contributed by atoms with Crippen LogP contribution < -0.4 is 14.2 Å². The molecular weight excluding hydrogens is 444 g/mol. The Morgan fingerprint density at radius 1 is 1.12 bits per heavy atom. The fourth-order valence-electron chi connectivity index (χ4n) is 3.90. The van der Waals surface area contributed by atoms with Crippen molar-refractivity contribution < 1.29 is 23.8 Å². The number of hydrogen-bond donors (Lipinski definition) is 1. The minimum absolute atomic E-state index is 0.0244. The molecule has 33 heavy (non-hydrogen) atoms. The summed E-state index contributed by atoms with van der Waals surface area (Å²) in [5.74, 6) is 2.18. The summed E-state index contributed by atoms with van der Waals surface area (Å²) in [6.45, 7) is 2.12. The fourth-order valence-corrected chi connectivity index (χ4v) is 4.69. The van der Waals surface area contributed by atoms with Gasteiger partial charge in [-0.1, -0.05) is 23.9 Å². The second-order valence-electron chi connectivity index (χ2n) is 7.78. The van der Waals surface area contributed by atoms with E-state index >= 15 is 0 Å². The zero-order valence-corrected chi connectivity index (χ0v) is 19.0. The Morgan fingerprint density at radius 3 is 2.67 bits per heavy atom. The summed E-state index contributed by atoms with van der Waals surface area (Å²) in [6.07, 6.45) is -0.663. The maximum absolute atomic E-state index is 12.9. The average molecular weight is 469 g/mol. The number of thioether (sulfide) groups is 1. The van der Waals surface area contributed by atoms with Crippen molar-refractivity contribution in [1.29, 1.82) is 0 Å². The lowest BCUT2D eigenvalue weighted by atomic mass is 10.2. The Hall–Kier alpha value is -3.40. The molecule has 1 atom stereocenters. The quantitative estimate of drug-likeness (QED) is 0.573. The standard InChI is InChI=1S/C23H24N4O5S/c1-30-15-6-7-16-17(12-15)25-23(24-16)33-14-21(28)26-8-10-27(11-9-26)22(29)20-13-31-18-4-2-3-5-19(18)32-20/h2-7,12,20H,8-11,13-14H2,1H3,(H,24,25)/t20-/m0/s1. The van der Waals surface area contributed by atoms with Gasteiger partial charge in [-0.15, -0.1) is 0 Å². The largest absolute Gasteiger partial charge is 0.497 e. The molecule has 2 aliphatic rings. The van der Waals surface area contributed by atoms with Crippen LogP contribution in [-0.2, 0) is 9.59 Å². The summed E-state index contributed by atoms with van der Waals surface area (Å²) in [6, 6.07) is 12.9. The van der Waals surface area contributed by atoms with Crippen LogP contribution in [0.5, 0.6) is 17.2 Å². The zero-order chi connectivity index (χ0) is 22.8. The highest BCUT2D eigenvalue weighted by Gasteiger charge is 2.33. The summed E-state index contributed by atoms with van der Waals surface area (Å²) in [5, 5.41) is 0.690. The molecule has 3 heterocycles. The minimum Gasteiger partial charge on any atom is -0.497 e. The lowest BCUT2D eigenvalue weighted by Crippen LogP contribution is -2.55. The monoisotopic (exact) mass is 468 g/mol. The molecule has 2 aliphatic heterocycles. The molecule has 0 spiro atoms. The predicted molar refractivity (Wildman–Crippen MR) is 123 cm³/mol. The van der Waals surface area contributed by atoms with Crippen molar-refractivity contribution in [3.05, 3.63) is 42.5 Å². The van der Waals surface area contributed by atoms with Crippen LogP contribution in [0, 0.1) is 0 Å². The van der Waals surface area contributed by atoms with Crippen molar-refractivity contribution in [3.63, 3.8) is 0 Å². The third kappa shape index (κ3) is 4.56. The van der Waals surface area contributed by atoms with E-state index in [4.69, 9.17) is 14.2 Å². The predicted octanol–water partition coefficient (Wildman–Crippen LogP) is 2.17. The molecule has 0 bridgehead atoms. The Labute approximate surface area is 195 Å². The number of benzene rings is 2.